The molecular formula is C16H30IN5S. The minimum Gasteiger partial charge on any atom is -0.355 e. The summed E-state index contributed by atoms with van der Waals surface area (Å²) < 4.78 is 0. The van der Waals surface area contributed by atoms with Crippen molar-refractivity contribution in [2.45, 2.75) is 52.1 Å². The fourth-order valence-electron chi connectivity index (χ4n) is 2.82. The van der Waals surface area contributed by atoms with Gasteiger partial charge in [0.25, 0.3) is 0 Å². The second kappa shape index (κ2) is 10.5. The van der Waals surface area contributed by atoms with Crippen LogP contribution >= 0.6 is 35.3 Å². The van der Waals surface area contributed by atoms with E-state index in [1.54, 1.807) is 11.3 Å². The molecule has 2 N–H and O–H groups in total. The zero-order valence-electron chi connectivity index (χ0n) is 14.6. The molecule has 0 aliphatic carbocycles. The van der Waals surface area contributed by atoms with Gasteiger partial charge >= 0.3 is 0 Å². The van der Waals surface area contributed by atoms with Crippen LogP contribution in [-0.4, -0.2) is 48.6 Å². The summed E-state index contributed by atoms with van der Waals surface area (Å²) in [6.45, 7) is 10.6. The number of likely N-dealkylation sites (N-methyl/N-ethyl adjacent to an activating group) is 1. The van der Waals surface area contributed by atoms with E-state index < -0.39 is 0 Å². The molecule has 1 atom stereocenters. The van der Waals surface area contributed by atoms with E-state index in [1.807, 2.05) is 7.05 Å². The maximum atomic E-state index is 4.64. The molecule has 0 bridgehead atoms. The number of aliphatic imine (C=N–C) groups is 1. The number of likely N-dealkylation sites (tertiary alicyclic amines) is 1. The number of nitrogens with zero attached hydrogens (tertiary/aromatic N) is 3. The van der Waals surface area contributed by atoms with Gasteiger partial charge < -0.3 is 10.6 Å². The molecule has 0 radical (unpaired) electrons. The molecule has 132 valence electrons. The van der Waals surface area contributed by atoms with E-state index in [0.717, 1.165) is 31.3 Å². The van der Waals surface area contributed by atoms with Crippen LogP contribution in [0.3, 0.4) is 0 Å². The number of hydrogen-bond donors (Lipinski definition) is 2. The van der Waals surface area contributed by atoms with Crippen LogP contribution in [0.5, 0.6) is 0 Å². The van der Waals surface area contributed by atoms with E-state index in [1.165, 1.54) is 24.4 Å². The van der Waals surface area contributed by atoms with E-state index in [-0.39, 0.29) is 24.0 Å². The monoisotopic (exact) mass is 451 g/mol. The van der Waals surface area contributed by atoms with Crippen LogP contribution in [0.15, 0.2) is 10.4 Å². The Morgan fingerprint density at radius 1 is 1.48 bits per heavy atom. The van der Waals surface area contributed by atoms with Gasteiger partial charge in [-0.25, -0.2) is 4.98 Å². The van der Waals surface area contributed by atoms with Crippen molar-refractivity contribution in [3.63, 3.8) is 0 Å². The van der Waals surface area contributed by atoms with Gasteiger partial charge in [0.1, 0.15) is 0 Å². The van der Waals surface area contributed by atoms with Gasteiger partial charge in [-0.05, 0) is 25.9 Å². The van der Waals surface area contributed by atoms with Gasteiger partial charge in [0.15, 0.2) is 5.96 Å². The number of thiazole rings is 1. The first-order chi connectivity index (χ1) is 10.6. The van der Waals surface area contributed by atoms with E-state index in [9.17, 15) is 0 Å². The van der Waals surface area contributed by atoms with Gasteiger partial charge in [-0.1, -0.05) is 20.8 Å². The Morgan fingerprint density at radius 2 is 2.26 bits per heavy atom. The largest absolute Gasteiger partial charge is 0.355 e. The zero-order chi connectivity index (χ0) is 15.9. The van der Waals surface area contributed by atoms with Crippen molar-refractivity contribution >= 4 is 41.3 Å². The van der Waals surface area contributed by atoms with Crippen LogP contribution in [0.1, 0.15) is 50.2 Å². The van der Waals surface area contributed by atoms with E-state index >= 15 is 0 Å². The fraction of sp³-hybridized carbons (Fsp3) is 0.750. The molecule has 23 heavy (non-hydrogen) atoms. The van der Waals surface area contributed by atoms with Gasteiger partial charge in [-0.15, -0.1) is 35.3 Å². The molecule has 1 saturated heterocycles. The van der Waals surface area contributed by atoms with E-state index in [4.69, 9.17) is 0 Å². The lowest BCUT2D eigenvalue weighted by atomic mass is 10.2. The third-order valence-electron chi connectivity index (χ3n) is 4.13. The molecule has 1 fully saturated rings. The molecule has 1 aliphatic heterocycles. The highest BCUT2D eigenvalue weighted by atomic mass is 127. The zero-order valence-corrected chi connectivity index (χ0v) is 17.8. The lowest BCUT2D eigenvalue weighted by Crippen LogP contribution is -2.44. The number of nitrogens with one attached hydrogen (secondary N) is 2. The van der Waals surface area contributed by atoms with Crippen LogP contribution in [0.25, 0.3) is 0 Å². The molecule has 0 spiro atoms. The van der Waals surface area contributed by atoms with Gasteiger partial charge in [-0.3, -0.25) is 9.89 Å². The van der Waals surface area contributed by atoms with Crippen LogP contribution in [-0.2, 0) is 6.54 Å². The second-order valence-corrected chi connectivity index (χ2v) is 6.95. The maximum absolute atomic E-state index is 4.64. The summed E-state index contributed by atoms with van der Waals surface area (Å²) in [4.78, 5) is 11.5. The summed E-state index contributed by atoms with van der Waals surface area (Å²) in [5.41, 5.74) is 1.09. The van der Waals surface area contributed by atoms with Crippen molar-refractivity contribution in [1.29, 1.82) is 0 Å². The first-order valence-electron chi connectivity index (χ1n) is 8.26. The summed E-state index contributed by atoms with van der Waals surface area (Å²) in [5.74, 6) is 1.36. The van der Waals surface area contributed by atoms with Crippen LogP contribution in [0.4, 0.5) is 0 Å². The van der Waals surface area contributed by atoms with Crippen molar-refractivity contribution in [2.24, 2.45) is 4.99 Å². The lowest BCUT2D eigenvalue weighted by molar-refractivity contribution is 0.267. The molecule has 1 unspecified atom stereocenters. The Hall–Kier alpha value is -0.410. The molecular weight excluding hydrogens is 421 g/mol. The molecule has 0 amide bonds. The first-order valence-corrected chi connectivity index (χ1v) is 9.14. The highest BCUT2D eigenvalue weighted by Crippen LogP contribution is 2.19. The normalized spacial score (nSPS) is 19.0. The Labute approximate surface area is 161 Å². The molecule has 2 rings (SSSR count). The third kappa shape index (κ3) is 6.19. The topological polar surface area (TPSA) is 52.5 Å². The Bertz CT molecular complexity index is 489. The average molecular weight is 451 g/mol. The Morgan fingerprint density at radius 3 is 2.87 bits per heavy atom. The minimum absolute atomic E-state index is 0. The molecule has 2 heterocycles. The number of halogens is 1. The predicted molar refractivity (Wildman–Crippen MR) is 110 cm³/mol. The Kier molecular flexibility index (Phi) is 9.38. The van der Waals surface area contributed by atoms with Gasteiger partial charge in [-0.2, -0.15) is 0 Å². The van der Waals surface area contributed by atoms with E-state index in [2.05, 4.69) is 51.7 Å². The molecule has 0 saturated carbocycles. The maximum Gasteiger partial charge on any atom is 0.191 e. The fourth-order valence-corrected chi connectivity index (χ4v) is 3.66. The number of aromatic nitrogens is 1. The van der Waals surface area contributed by atoms with Crippen molar-refractivity contribution < 1.29 is 0 Å². The van der Waals surface area contributed by atoms with Crippen molar-refractivity contribution in [3.8, 4) is 0 Å². The van der Waals surface area contributed by atoms with Gasteiger partial charge in [0, 0.05) is 30.9 Å². The van der Waals surface area contributed by atoms with Gasteiger partial charge in [0.2, 0.25) is 0 Å². The summed E-state index contributed by atoms with van der Waals surface area (Å²) in [6.07, 6.45) is 2.59. The van der Waals surface area contributed by atoms with Crippen LogP contribution < -0.4 is 10.6 Å². The summed E-state index contributed by atoms with van der Waals surface area (Å²) in [6, 6.07) is 0.635. The van der Waals surface area contributed by atoms with Crippen molar-refractivity contribution in [1.82, 2.24) is 20.5 Å². The molecule has 1 aliphatic rings. The summed E-state index contributed by atoms with van der Waals surface area (Å²) in [7, 11) is 1.82. The molecule has 0 aromatic carbocycles. The molecule has 5 nitrogen and oxygen atoms in total. The van der Waals surface area contributed by atoms with Crippen LogP contribution in [0.2, 0.25) is 0 Å². The summed E-state index contributed by atoms with van der Waals surface area (Å²) >= 11 is 1.74. The number of hydrogen-bond acceptors (Lipinski definition) is 4. The van der Waals surface area contributed by atoms with Crippen molar-refractivity contribution in [2.75, 3.05) is 26.7 Å². The highest BCUT2D eigenvalue weighted by Gasteiger charge is 2.22. The Balaban J connectivity index is 0.00000264. The molecule has 7 heteroatoms. The van der Waals surface area contributed by atoms with E-state index in [0.29, 0.717) is 12.0 Å². The predicted octanol–water partition coefficient (Wildman–Crippen LogP) is 3.03. The second-order valence-electron chi connectivity index (χ2n) is 6.06. The summed E-state index contributed by atoms with van der Waals surface area (Å²) in [5, 5.41) is 10.1. The first kappa shape index (κ1) is 20.6. The minimum atomic E-state index is 0. The average Bonchev–Trinajstić information content (AvgIpc) is 3.16. The van der Waals surface area contributed by atoms with Crippen molar-refractivity contribution in [3.05, 3.63) is 16.1 Å². The molecule has 1 aromatic heterocycles. The SMILES string of the molecule is CCN1CCCC1CNC(=NC)NCc1csc(C(C)C)n1.I. The smallest absolute Gasteiger partial charge is 0.191 e. The number of rotatable bonds is 6. The van der Waals surface area contributed by atoms with Gasteiger partial charge in [0.05, 0.1) is 17.2 Å². The lowest BCUT2D eigenvalue weighted by Gasteiger charge is -2.23. The van der Waals surface area contributed by atoms with Crippen LogP contribution in [0, 0.1) is 0 Å². The number of guanidine groups is 1. The molecule has 1 aromatic rings. The third-order valence-corrected chi connectivity index (χ3v) is 5.33. The quantitative estimate of drug-likeness (QED) is 0.397. The highest BCUT2D eigenvalue weighted by molar-refractivity contribution is 14.0. The standard InChI is InChI=1S/C16H29N5S.HI/c1-5-21-8-6-7-14(21)10-19-16(17-4)18-9-13-11-22-15(20-13)12(2)3;/h11-12,14H,5-10H2,1-4H3,(H2,17,18,19);1H.